The first-order valence-corrected chi connectivity index (χ1v) is 7.04. The van der Waals surface area contributed by atoms with Crippen LogP contribution in [0.3, 0.4) is 0 Å². The predicted octanol–water partition coefficient (Wildman–Crippen LogP) is 4.48. The largest absolute Gasteiger partial charge is 0.306 e. The summed E-state index contributed by atoms with van der Waals surface area (Å²) in [5, 5.41) is 0.540. The molecule has 0 fully saturated rings. The predicted molar refractivity (Wildman–Crippen MR) is 82.3 cm³/mol. The van der Waals surface area contributed by atoms with Crippen LogP contribution in [0.5, 0.6) is 0 Å². The molecular formula is C16H16ClN3. The number of fused-ring (bicyclic) bond motifs is 1. The molecule has 3 aromatic heterocycles. The van der Waals surface area contributed by atoms with E-state index in [9.17, 15) is 0 Å². The first-order valence-electron chi connectivity index (χ1n) is 6.66. The number of halogens is 1. The zero-order chi connectivity index (χ0) is 14.3. The Bertz CT molecular complexity index is 774. The Balaban J connectivity index is 2.25. The Morgan fingerprint density at radius 2 is 2.05 bits per heavy atom. The molecule has 3 nitrogen and oxygen atoms in total. The third kappa shape index (κ3) is 2.18. The summed E-state index contributed by atoms with van der Waals surface area (Å²) < 4.78 is 2.05. The van der Waals surface area contributed by atoms with Crippen molar-refractivity contribution in [1.82, 2.24) is 14.4 Å². The summed E-state index contributed by atoms with van der Waals surface area (Å²) in [6.45, 7) is 6.33. The van der Waals surface area contributed by atoms with Gasteiger partial charge in [0.25, 0.3) is 0 Å². The minimum absolute atomic E-state index is 0.322. The van der Waals surface area contributed by atoms with Crippen LogP contribution in [0, 0.1) is 6.92 Å². The monoisotopic (exact) mass is 285 g/mol. The lowest BCUT2D eigenvalue weighted by atomic mass is 9.98. The van der Waals surface area contributed by atoms with E-state index < -0.39 is 0 Å². The van der Waals surface area contributed by atoms with Crippen LogP contribution >= 0.6 is 11.6 Å². The van der Waals surface area contributed by atoms with E-state index in [4.69, 9.17) is 11.6 Å². The highest BCUT2D eigenvalue weighted by Crippen LogP contribution is 2.30. The molecule has 4 heteroatoms. The molecule has 0 bridgehead atoms. The molecule has 20 heavy (non-hydrogen) atoms. The highest BCUT2D eigenvalue weighted by atomic mass is 35.5. The van der Waals surface area contributed by atoms with Crippen molar-refractivity contribution < 1.29 is 0 Å². The molecule has 0 aliphatic carbocycles. The number of aromatic nitrogens is 3. The topological polar surface area (TPSA) is 30.2 Å². The van der Waals surface area contributed by atoms with Gasteiger partial charge >= 0.3 is 0 Å². The first-order chi connectivity index (χ1) is 9.56. The maximum Gasteiger partial charge on any atom is 0.139 e. The lowest BCUT2D eigenvalue weighted by molar-refractivity contribution is 0.825. The quantitative estimate of drug-likeness (QED) is 0.650. The maximum atomic E-state index is 6.03. The van der Waals surface area contributed by atoms with Crippen LogP contribution < -0.4 is 0 Å². The van der Waals surface area contributed by atoms with Gasteiger partial charge in [-0.3, -0.25) is 0 Å². The molecule has 0 atom stereocenters. The third-order valence-corrected chi connectivity index (χ3v) is 3.63. The highest BCUT2D eigenvalue weighted by molar-refractivity contribution is 6.29. The summed E-state index contributed by atoms with van der Waals surface area (Å²) in [6.07, 6.45) is 5.87. The number of hydrogen-bond acceptors (Lipinski definition) is 2. The maximum absolute atomic E-state index is 6.03. The highest BCUT2D eigenvalue weighted by Gasteiger charge is 2.12. The Morgan fingerprint density at radius 1 is 1.25 bits per heavy atom. The molecule has 3 heterocycles. The van der Waals surface area contributed by atoms with Gasteiger partial charge in [-0.15, -0.1) is 0 Å². The van der Waals surface area contributed by atoms with Gasteiger partial charge in [0.1, 0.15) is 10.8 Å². The molecule has 102 valence electrons. The molecule has 0 saturated heterocycles. The van der Waals surface area contributed by atoms with E-state index in [2.05, 4.69) is 43.0 Å². The molecule has 0 aliphatic rings. The van der Waals surface area contributed by atoms with Crippen molar-refractivity contribution in [3.63, 3.8) is 0 Å². The summed E-state index contributed by atoms with van der Waals surface area (Å²) in [5.74, 6) is 0.322. The van der Waals surface area contributed by atoms with Crippen molar-refractivity contribution >= 4 is 17.2 Å². The van der Waals surface area contributed by atoms with Crippen molar-refractivity contribution in [3.8, 4) is 11.1 Å². The molecule has 3 aromatic rings. The van der Waals surface area contributed by atoms with E-state index in [-0.39, 0.29) is 0 Å². The molecule has 0 N–H and O–H groups in total. The van der Waals surface area contributed by atoms with Crippen molar-refractivity contribution in [2.75, 3.05) is 0 Å². The van der Waals surface area contributed by atoms with E-state index in [1.807, 2.05) is 28.9 Å². The number of aryl methyl sites for hydroxylation is 1. The minimum atomic E-state index is 0.322. The molecule has 0 aliphatic heterocycles. The van der Waals surface area contributed by atoms with Gasteiger partial charge < -0.3 is 4.40 Å². The SMILES string of the molecule is Cc1cc(-c2ccc(Cl)nc2C(C)C)cn2ccnc12. The summed E-state index contributed by atoms with van der Waals surface area (Å²) in [5.41, 5.74) is 5.43. The van der Waals surface area contributed by atoms with E-state index >= 15 is 0 Å². The van der Waals surface area contributed by atoms with Gasteiger partial charge in [0.05, 0.1) is 5.69 Å². The van der Waals surface area contributed by atoms with Crippen molar-refractivity contribution in [2.24, 2.45) is 0 Å². The van der Waals surface area contributed by atoms with Crippen LogP contribution in [-0.4, -0.2) is 14.4 Å². The van der Waals surface area contributed by atoms with Gasteiger partial charge in [-0.25, -0.2) is 9.97 Å². The molecular weight excluding hydrogens is 270 g/mol. The van der Waals surface area contributed by atoms with Gasteiger partial charge in [-0.2, -0.15) is 0 Å². The molecule has 0 radical (unpaired) electrons. The Hall–Kier alpha value is -1.87. The van der Waals surface area contributed by atoms with Gasteiger partial charge in [0, 0.05) is 29.7 Å². The van der Waals surface area contributed by atoms with E-state index in [1.165, 1.54) is 0 Å². The summed E-state index contributed by atoms with van der Waals surface area (Å²) in [4.78, 5) is 8.84. The molecule has 0 spiro atoms. The van der Waals surface area contributed by atoms with Crippen LogP contribution in [0.2, 0.25) is 5.15 Å². The average Bonchev–Trinajstić information content (AvgIpc) is 2.87. The molecule has 3 rings (SSSR count). The molecule has 0 aromatic carbocycles. The zero-order valence-corrected chi connectivity index (χ0v) is 12.5. The van der Waals surface area contributed by atoms with Crippen molar-refractivity contribution in [3.05, 3.63) is 53.2 Å². The summed E-state index contributed by atoms with van der Waals surface area (Å²) >= 11 is 6.03. The zero-order valence-electron chi connectivity index (χ0n) is 11.8. The first kappa shape index (κ1) is 13.1. The lowest BCUT2D eigenvalue weighted by Gasteiger charge is -2.13. The molecule has 0 saturated carbocycles. The standard InChI is InChI=1S/C16H16ClN3/c1-10(2)15-13(4-5-14(17)19-15)12-8-11(3)16-18-6-7-20(16)9-12/h4-10H,1-3H3. The Labute approximate surface area is 123 Å². The number of imidazole rings is 1. The smallest absolute Gasteiger partial charge is 0.139 e. The number of hydrogen-bond donors (Lipinski definition) is 0. The second-order valence-corrected chi connectivity index (χ2v) is 5.68. The fourth-order valence-electron chi connectivity index (χ4n) is 2.49. The van der Waals surface area contributed by atoms with Gasteiger partial charge in [0.2, 0.25) is 0 Å². The Kier molecular flexibility index (Phi) is 3.22. The van der Waals surface area contributed by atoms with Crippen LogP contribution in [0.25, 0.3) is 16.8 Å². The van der Waals surface area contributed by atoms with Crippen molar-refractivity contribution in [1.29, 1.82) is 0 Å². The van der Waals surface area contributed by atoms with Gasteiger partial charge in [-0.05, 0) is 36.6 Å². The van der Waals surface area contributed by atoms with E-state index in [1.54, 1.807) is 0 Å². The average molecular weight is 286 g/mol. The lowest BCUT2D eigenvalue weighted by Crippen LogP contribution is -1.98. The van der Waals surface area contributed by atoms with E-state index in [0.717, 1.165) is 28.0 Å². The van der Waals surface area contributed by atoms with Gasteiger partial charge in [-0.1, -0.05) is 25.4 Å². The number of pyridine rings is 2. The van der Waals surface area contributed by atoms with Crippen LogP contribution in [-0.2, 0) is 0 Å². The molecule has 0 amide bonds. The third-order valence-electron chi connectivity index (χ3n) is 3.42. The minimum Gasteiger partial charge on any atom is -0.306 e. The van der Waals surface area contributed by atoms with Gasteiger partial charge in [0.15, 0.2) is 0 Å². The van der Waals surface area contributed by atoms with Crippen molar-refractivity contribution in [2.45, 2.75) is 26.7 Å². The fourth-order valence-corrected chi connectivity index (χ4v) is 2.64. The van der Waals surface area contributed by atoms with E-state index in [0.29, 0.717) is 11.1 Å². The second kappa shape index (κ2) is 4.91. The summed E-state index contributed by atoms with van der Waals surface area (Å²) in [7, 11) is 0. The molecule has 0 unspecified atom stereocenters. The normalized spacial score (nSPS) is 11.4. The van der Waals surface area contributed by atoms with Crippen LogP contribution in [0.15, 0.2) is 36.8 Å². The summed E-state index contributed by atoms with van der Waals surface area (Å²) in [6, 6.07) is 6.04. The van der Waals surface area contributed by atoms with Crippen LogP contribution in [0.1, 0.15) is 31.0 Å². The number of nitrogens with zero attached hydrogens (tertiary/aromatic N) is 3. The fraction of sp³-hybridized carbons (Fsp3) is 0.250. The number of rotatable bonds is 2. The van der Waals surface area contributed by atoms with Crippen LogP contribution in [0.4, 0.5) is 0 Å². The second-order valence-electron chi connectivity index (χ2n) is 5.29. The Morgan fingerprint density at radius 3 is 2.80 bits per heavy atom.